The van der Waals surface area contributed by atoms with Gasteiger partial charge in [-0.15, -0.1) is 0 Å². The Morgan fingerprint density at radius 1 is 0.750 bits per heavy atom. The van der Waals surface area contributed by atoms with Gasteiger partial charge in [0.25, 0.3) is 0 Å². The van der Waals surface area contributed by atoms with Gasteiger partial charge < -0.3 is 19.8 Å². The average Bonchev–Trinajstić information content (AvgIpc) is 3.13. The largest absolute Gasteiger partial charge is 0.508 e. The van der Waals surface area contributed by atoms with Crippen LogP contribution in [0.5, 0.6) is 17.2 Å². The Kier molecular flexibility index (Phi) is 4.29. The number of carbonyl (C=O) groups is 1. The number of aromatic nitrogens is 1. The van der Waals surface area contributed by atoms with Crippen LogP contribution in [0.1, 0.15) is 15.9 Å². The minimum absolute atomic E-state index is 0.0281. The van der Waals surface area contributed by atoms with Crippen LogP contribution in [0.25, 0.3) is 22.6 Å². The maximum Gasteiger partial charge on any atom is 0.199 e. The molecule has 3 N–H and O–H groups in total. The predicted molar refractivity (Wildman–Crippen MR) is 102 cm³/mol. The number of nitrogens with zero attached hydrogens (tertiary/aromatic N) is 1. The van der Waals surface area contributed by atoms with Gasteiger partial charge in [0.1, 0.15) is 22.9 Å². The standard InChI is InChI=1S/C22H15NO5/c24-16-8-4-13(5-9-16)20-19(21(27)15-2-1-3-18(26)12-15)22(28-23-20)14-6-10-17(25)11-7-14/h1-12,24-26H. The third-order valence-electron chi connectivity index (χ3n) is 4.30. The van der Waals surface area contributed by atoms with Crippen LogP contribution < -0.4 is 0 Å². The summed E-state index contributed by atoms with van der Waals surface area (Å²) in [5, 5.41) is 32.9. The van der Waals surface area contributed by atoms with Gasteiger partial charge in [-0.3, -0.25) is 4.79 Å². The quantitative estimate of drug-likeness (QED) is 0.459. The number of hydrogen-bond donors (Lipinski definition) is 3. The van der Waals surface area contributed by atoms with Crippen molar-refractivity contribution in [2.75, 3.05) is 0 Å². The van der Waals surface area contributed by atoms with Crippen molar-refractivity contribution in [3.63, 3.8) is 0 Å². The van der Waals surface area contributed by atoms with Gasteiger partial charge in [0.15, 0.2) is 11.5 Å². The summed E-state index contributed by atoms with van der Waals surface area (Å²) in [5.74, 6) is 0.0223. The number of hydrogen-bond acceptors (Lipinski definition) is 6. The third kappa shape index (κ3) is 3.19. The van der Waals surface area contributed by atoms with E-state index in [1.165, 1.54) is 36.4 Å². The molecule has 0 fully saturated rings. The molecular weight excluding hydrogens is 358 g/mol. The smallest absolute Gasteiger partial charge is 0.199 e. The Labute approximate surface area is 159 Å². The molecule has 1 heterocycles. The summed E-state index contributed by atoms with van der Waals surface area (Å²) in [7, 11) is 0. The molecule has 0 saturated carbocycles. The molecule has 4 aromatic rings. The summed E-state index contributed by atoms with van der Waals surface area (Å²) in [6.45, 7) is 0. The number of carbonyl (C=O) groups excluding carboxylic acids is 1. The lowest BCUT2D eigenvalue weighted by Crippen LogP contribution is -2.03. The van der Waals surface area contributed by atoms with Gasteiger partial charge in [-0.1, -0.05) is 17.3 Å². The molecule has 0 amide bonds. The van der Waals surface area contributed by atoms with Gasteiger partial charge >= 0.3 is 0 Å². The van der Waals surface area contributed by atoms with E-state index in [1.807, 2.05) is 0 Å². The van der Waals surface area contributed by atoms with Crippen molar-refractivity contribution < 1.29 is 24.6 Å². The second-order valence-electron chi connectivity index (χ2n) is 6.21. The lowest BCUT2D eigenvalue weighted by Gasteiger charge is -2.05. The molecule has 3 aromatic carbocycles. The van der Waals surface area contributed by atoms with Crippen LogP contribution in [-0.4, -0.2) is 26.3 Å². The van der Waals surface area contributed by atoms with Gasteiger partial charge in [0.05, 0.1) is 5.56 Å². The lowest BCUT2D eigenvalue weighted by atomic mass is 9.95. The zero-order valence-electron chi connectivity index (χ0n) is 14.5. The molecule has 1 aromatic heterocycles. The number of phenols is 3. The van der Waals surface area contributed by atoms with Crippen molar-refractivity contribution in [1.82, 2.24) is 5.16 Å². The van der Waals surface area contributed by atoms with E-state index in [9.17, 15) is 20.1 Å². The molecule has 0 unspecified atom stereocenters. The monoisotopic (exact) mass is 373 g/mol. The normalized spacial score (nSPS) is 10.7. The van der Waals surface area contributed by atoms with Crippen LogP contribution >= 0.6 is 0 Å². The second-order valence-corrected chi connectivity index (χ2v) is 6.21. The molecule has 0 bridgehead atoms. The SMILES string of the molecule is O=C(c1cccc(O)c1)c1c(-c2ccc(O)cc2)noc1-c1ccc(O)cc1. The van der Waals surface area contributed by atoms with Gasteiger partial charge in [-0.25, -0.2) is 0 Å². The molecule has 0 saturated heterocycles. The molecule has 0 radical (unpaired) electrons. The summed E-state index contributed by atoms with van der Waals surface area (Å²) in [6, 6.07) is 18.5. The van der Waals surface area contributed by atoms with Crippen LogP contribution in [0, 0.1) is 0 Å². The fourth-order valence-corrected chi connectivity index (χ4v) is 2.92. The van der Waals surface area contributed by atoms with E-state index in [0.29, 0.717) is 16.8 Å². The summed E-state index contributed by atoms with van der Waals surface area (Å²) in [6.07, 6.45) is 0. The number of ketones is 1. The van der Waals surface area contributed by atoms with Gasteiger partial charge in [-0.05, 0) is 60.7 Å². The first-order valence-corrected chi connectivity index (χ1v) is 8.45. The van der Waals surface area contributed by atoms with Crippen LogP contribution in [0.3, 0.4) is 0 Å². The van der Waals surface area contributed by atoms with Crippen LogP contribution in [0.4, 0.5) is 0 Å². The molecule has 138 valence electrons. The summed E-state index contributed by atoms with van der Waals surface area (Å²) < 4.78 is 5.50. The molecule has 6 heteroatoms. The molecule has 4 rings (SSSR count). The van der Waals surface area contributed by atoms with Crippen molar-refractivity contribution in [2.24, 2.45) is 0 Å². The Hall–Kier alpha value is -4.06. The first kappa shape index (κ1) is 17.4. The fourth-order valence-electron chi connectivity index (χ4n) is 2.92. The summed E-state index contributed by atoms with van der Waals surface area (Å²) in [5.41, 5.74) is 1.98. The molecule has 28 heavy (non-hydrogen) atoms. The molecule has 0 aliphatic carbocycles. The van der Waals surface area contributed by atoms with E-state index in [4.69, 9.17) is 4.52 Å². The van der Waals surface area contributed by atoms with E-state index >= 15 is 0 Å². The topological polar surface area (TPSA) is 104 Å². The second kappa shape index (κ2) is 6.92. The Balaban J connectivity index is 1.91. The van der Waals surface area contributed by atoms with Crippen LogP contribution in [-0.2, 0) is 0 Å². The van der Waals surface area contributed by atoms with Gasteiger partial charge in [0, 0.05) is 16.7 Å². The zero-order chi connectivity index (χ0) is 19.7. The number of aromatic hydroxyl groups is 3. The van der Waals surface area contributed by atoms with E-state index < -0.39 is 0 Å². The number of phenolic OH excluding ortho intramolecular Hbond substituents is 3. The van der Waals surface area contributed by atoms with Crippen molar-refractivity contribution in [1.29, 1.82) is 0 Å². The fraction of sp³-hybridized carbons (Fsp3) is 0. The molecule has 0 spiro atoms. The van der Waals surface area contributed by atoms with Gasteiger partial charge in [0.2, 0.25) is 0 Å². The van der Waals surface area contributed by atoms with Crippen LogP contribution in [0.15, 0.2) is 77.3 Å². The van der Waals surface area contributed by atoms with Crippen molar-refractivity contribution >= 4 is 5.78 Å². The molecule has 6 nitrogen and oxygen atoms in total. The maximum absolute atomic E-state index is 13.3. The van der Waals surface area contributed by atoms with E-state index in [0.717, 1.165) is 0 Å². The first-order valence-electron chi connectivity index (χ1n) is 8.45. The Bertz CT molecular complexity index is 1080. The highest BCUT2D eigenvalue weighted by molar-refractivity contribution is 6.15. The Morgan fingerprint density at radius 2 is 1.36 bits per heavy atom. The zero-order valence-corrected chi connectivity index (χ0v) is 14.5. The molecule has 0 aliphatic rings. The highest BCUT2D eigenvalue weighted by atomic mass is 16.5. The van der Waals surface area contributed by atoms with Crippen molar-refractivity contribution in [3.05, 3.63) is 83.9 Å². The van der Waals surface area contributed by atoms with E-state index in [-0.39, 0.29) is 39.9 Å². The highest BCUT2D eigenvalue weighted by Gasteiger charge is 2.26. The summed E-state index contributed by atoms with van der Waals surface area (Å²) in [4.78, 5) is 13.3. The minimum atomic E-state index is -0.372. The minimum Gasteiger partial charge on any atom is -0.508 e. The van der Waals surface area contributed by atoms with E-state index in [1.54, 1.807) is 36.4 Å². The number of benzene rings is 3. The molecular formula is C22H15NO5. The third-order valence-corrected chi connectivity index (χ3v) is 4.30. The molecule has 0 aliphatic heterocycles. The van der Waals surface area contributed by atoms with Crippen molar-refractivity contribution in [3.8, 4) is 39.8 Å². The lowest BCUT2D eigenvalue weighted by molar-refractivity contribution is 0.103. The van der Waals surface area contributed by atoms with Crippen LogP contribution in [0.2, 0.25) is 0 Å². The van der Waals surface area contributed by atoms with E-state index in [2.05, 4.69) is 5.16 Å². The predicted octanol–water partition coefficient (Wildman–Crippen LogP) is 4.36. The summed E-state index contributed by atoms with van der Waals surface area (Å²) >= 11 is 0. The molecule has 0 atom stereocenters. The average molecular weight is 373 g/mol. The van der Waals surface area contributed by atoms with Gasteiger partial charge in [-0.2, -0.15) is 0 Å². The first-order chi connectivity index (χ1) is 13.5. The van der Waals surface area contributed by atoms with Crippen molar-refractivity contribution in [2.45, 2.75) is 0 Å². The maximum atomic E-state index is 13.3. The highest BCUT2D eigenvalue weighted by Crippen LogP contribution is 2.35. The number of rotatable bonds is 4. The Morgan fingerprint density at radius 3 is 1.96 bits per heavy atom.